The van der Waals surface area contributed by atoms with Crippen molar-refractivity contribution in [3.8, 4) is 0 Å². The number of fused-ring (bicyclic) bond motifs is 3. The van der Waals surface area contributed by atoms with Gasteiger partial charge in [-0.1, -0.05) is 24.3 Å². The van der Waals surface area contributed by atoms with Crippen LogP contribution in [0.25, 0.3) is 11.0 Å². The molecule has 2 saturated heterocycles. The van der Waals surface area contributed by atoms with Gasteiger partial charge in [0.2, 0.25) is 5.91 Å². The first kappa shape index (κ1) is 16.8. The van der Waals surface area contributed by atoms with Crippen LogP contribution in [-0.2, 0) is 18.4 Å². The summed E-state index contributed by atoms with van der Waals surface area (Å²) in [6, 6.07) is 16.6. The number of amides is 1. The van der Waals surface area contributed by atoms with Gasteiger partial charge in [0.25, 0.3) is 0 Å². The number of thioether (sulfide) groups is 1. The van der Waals surface area contributed by atoms with E-state index >= 15 is 0 Å². The zero-order valence-electron chi connectivity index (χ0n) is 15.5. The van der Waals surface area contributed by atoms with Gasteiger partial charge in [-0.25, -0.2) is 4.98 Å². The monoisotopic (exact) mass is 378 g/mol. The predicted molar refractivity (Wildman–Crippen MR) is 109 cm³/mol. The van der Waals surface area contributed by atoms with E-state index in [1.165, 1.54) is 4.90 Å². The normalized spacial score (nSPS) is 22.3. The average molecular weight is 379 g/mol. The SMILES string of the molecule is CSc1ccccc1N1C(=O)[C@@H]2C[C@H]1CN2Cc1nc2ccccc2n1C. The molecular formula is C21H22N4OS. The van der Waals surface area contributed by atoms with Crippen molar-refractivity contribution < 1.29 is 4.79 Å². The number of aryl methyl sites for hydroxylation is 1. The molecular weight excluding hydrogens is 356 g/mol. The molecule has 1 aromatic heterocycles. The minimum absolute atomic E-state index is 0.0373. The van der Waals surface area contributed by atoms with Crippen LogP contribution in [0, 0.1) is 0 Å². The Hall–Kier alpha value is -2.31. The van der Waals surface area contributed by atoms with Crippen molar-refractivity contribution in [3.05, 3.63) is 54.4 Å². The summed E-state index contributed by atoms with van der Waals surface area (Å²) < 4.78 is 2.15. The second kappa shape index (κ2) is 6.39. The smallest absolute Gasteiger partial charge is 0.244 e. The average Bonchev–Trinajstić information content (AvgIpc) is 3.34. The third kappa shape index (κ3) is 2.58. The molecule has 0 saturated carbocycles. The minimum Gasteiger partial charge on any atom is -0.330 e. The molecule has 138 valence electrons. The number of benzene rings is 2. The number of nitrogens with zero attached hydrogens (tertiary/aromatic N) is 4. The topological polar surface area (TPSA) is 41.4 Å². The summed E-state index contributed by atoms with van der Waals surface area (Å²) in [5.74, 6) is 1.25. The molecule has 1 amide bonds. The summed E-state index contributed by atoms with van der Waals surface area (Å²) in [4.78, 5) is 23.4. The number of anilines is 1. The summed E-state index contributed by atoms with van der Waals surface area (Å²) in [7, 11) is 2.06. The predicted octanol–water partition coefficient (Wildman–Crippen LogP) is 3.28. The molecule has 0 N–H and O–H groups in total. The Morgan fingerprint density at radius 3 is 2.70 bits per heavy atom. The molecule has 6 heteroatoms. The van der Waals surface area contributed by atoms with Crippen LogP contribution in [0.4, 0.5) is 5.69 Å². The number of imidazole rings is 1. The van der Waals surface area contributed by atoms with E-state index in [4.69, 9.17) is 4.98 Å². The molecule has 2 aromatic carbocycles. The molecule has 2 fully saturated rings. The first-order valence-electron chi connectivity index (χ1n) is 9.28. The Morgan fingerprint density at radius 1 is 1.15 bits per heavy atom. The Bertz CT molecular complexity index is 1030. The number of piperazine rings is 1. The molecule has 2 aliphatic heterocycles. The van der Waals surface area contributed by atoms with Gasteiger partial charge in [-0.15, -0.1) is 11.8 Å². The lowest BCUT2D eigenvalue weighted by Crippen LogP contribution is -2.50. The summed E-state index contributed by atoms with van der Waals surface area (Å²) in [5.41, 5.74) is 3.21. The Labute approximate surface area is 163 Å². The Balaban J connectivity index is 1.40. The van der Waals surface area contributed by atoms with Crippen LogP contribution >= 0.6 is 11.8 Å². The van der Waals surface area contributed by atoms with Crippen LogP contribution in [0.15, 0.2) is 53.4 Å². The van der Waals surface area contributed by atoms with Crippen molar-refractivity contribution in [1.82, 2.24) is 14.5 Å². The highest BCUT2D eigenvalue weighted by molar-refractivity contribution is 7.98. The number of carbonyl (C=O) groups excluding carboxylic acids is 1. The van der Waals surface area contributed by atoms with Crippen LogP contribution in [0.1, 0.15) is 12.2 Å². The van der Waals surface area contributed by atoms with Gasteiger partial charge < -0.3 is 9.47 Å². The highest BCUT2D eigenvalue weighted by Gasteiger charge is 2.50. The number of carbonyl (C=O) groups is 1. The second-order valence-corrected chi connectivity index (χ2v) is 8.14. The zero-order valence-corrected chi connectivity index (χ0v) is 16.3. The molecule has 2 atom stereocenters. The highest BCUT2D eigenvalue weighted by atomic mass is 32.2. The number of rotatable bonds is 4. The molecule has 3 heterocycles. The zero-order chi connectivity index (χ0) is 18.5. The molecule has 0 unspecified atom stereocenters. The van der Waals surface area contributed by atoms with Crippen LogP contribution in [0.2, 0.25) is 0 Å². The molecule has 0 aliphatic carbocycles. The van der Waals surface area contributed by atoms with Gasteiger partial charge in [-0.3, -0.25) is 9.69 Å². The number of para-hydroxylation sites is 3. The minimum atomic E-state index is -0.0373. The van der Waals surface area contributed by atoms with E-state index in [0.29, 0.717) is 0 Å². The van der Waals surface area contributed by atoms with Gasteiger partial charge in [-0.05, 0) is 36.9 Å². The first-order chi connectivity index (χ1) is 13.2. The molecule has 27 heavy (non-hydrogen) atoms. The molecule has 0 radical (unpaired) electrons. The standard InChI is InChI=1S/C21H22N4OS/c1-23-16-8-4-3-7-15(16)22-20(23)13-24-12-14-11-18(24)21(26)25(14)17-9-5-6-10-19(17)27-2/h3-10,14,18H,11-13H2,1-2H3/t14-,18-/m0/s1. The summed E-state index contributed by atoms with van der Waals surface area (Å²) in [6.07, 6.45) is 2.97. The van der Waals surface area contributed by atoms with Crippen molar-refractivity contribution in [1.29, 1.82) is 0 Å². The Morgan fingerprint density at radius 2 is 1.93 bits per heavy atom. The van der Waals surface area contributed by atoms with Crippen LogP contribution in [-0.4, -0.2) is 45.2 Å². The summed E-state index contributed by atoms with van der Waals surface area (Å²) in [5, 5.41) is 0. The van der Waals surface area contributed by atoms with E-state index in [1.807, 2.05) is 35.2 Å². The van der Waals surface area contributed by atoms with Crippen molar-refractivity contribution in [2.24, 2.45) is 7.05 Å². The van der Waals surface area contributed by atoms with E-state index in [-0.39, 0.29) is 18.0 Å². The van der Waals surface area contributed by atoms with Gasteiger partial charge in [0.1, 0.15) is 5.82 Å². The molecule has 5 nitrogen and oxygen atoms in total. The second-order valence-electron chi connectivity index (χ2n) is 7.29. The van der Waals surface area contributed by atoms with E-state index in [9.17, 15) is 4.79 Å². The number of hydrogen-bond acceptors (Lipinski definition) is 4. The fourth-order valence-electron chi connectivity index (χ4n) is 4.50. The quantitative estimate of drug-likeness (QED) is 0.654. The number of aromatic nitrogens is 2. The summed E-state index contributed by atoms with van der Waals surface area (Å²) >= 11 is 1.70. The third-order valence-corrected chi connectivity index (χ3v) is 6.62. The lowest BCUT2D eigenvalue weighted by molar-refractivity contribution is -0.122. The lowest BCUT2D eigenvalue weighted by atomic mass is 10.2. The first-order valence-corrected chi connectivity index (χ1v) is 10.5. The molecule has 0 spiro atoms. The number of likely N-dealkylation sites (tertiary alicyclic amines) is 1. The number of hydrogen-bond donors (Lipinski definition) is 0. The maximum Gasteiger partial charge on any atom is 0.244 e. The molecule has 2 aliphatic rings. The van der Waals surface area contributed by atoms with Crippen LogP contribution in [0.3, 0.4) is 0 Å². The van der Waals surface area contributed by atoms with Gasteiger partial charge in [-0.2, -0.15) is 0 Å². The third-order valence-electron chi connectivity index (χ3n) is 5.84. The highest BCUT2D eigenvalue weighted by Crippen LogP contribution is 2.40. The van der Waals surface area contributed by atoms with E-state index in [0.717, 1.165) is 42.1 Å². The maximum atomic E-state index is 13.1. The molecule has 3 aromatic rings. The maximum absolute atomic E-state index is 13.1. The lowest BCUT2D eigenvalue weighted by Gasteiger charge is -2.34. The van der Waals surface area contributed by atoms with Gasteiger partial charge in [0.05, 0.1) is 35.3 Å². The Kier molecular flexibility index (Phi) is 3.98. The van der Waals surface area contributed by atoms with Gasteiger partial charge >= 0.3 is 0 Å². The fourth-order valence-corrected chi connectivity index (χ4v) is 5.09. The largest absolute Gasteiger partial charge is 0.330 e. The van der Waals surface area contributed by atoms with Crippen molar-refractivity contribution in [2.45, 2.75) is 29.9 Å². The molecule has 2 bridgehead atoms. The van der Waals surface area contributed by atoms with Crippen molar-refractivity contribution >= 4 is 34.4 Å². The fraction of sp³-hybridized carbons (Fsp3) is 0.333. The van der Waals surface area contributed by atoms with Crippen molar-refractivity contribution in [2.75, 3.05) is 17.7 Å². The van der Waals surface area contributed by atoms with Crippen molar-refractivity contribution in [3.63, 3.8) is 0 Å². The van der Waals surface area contributed by atoms with E-state index in [2.05, 4.69) is 41.0 Å². The van der Waals surface area contributed by atoms with Gasteiger partial charge in [0.15, 0.2) is 0 Å². The van der Waals surface area contributed by atoms with E-state index < -0.39 is 0 Å². The molecule has 5 rings (SSSR count). The van der Waals surface area contributed by atoms with Crippen LogP contribution in [0.5, 0.6) is 0 Å². The summed E-state index contributed by atoms with van der Waals surface area (Å²) in [6.45, 7) is 1.62. The van der Waals surface area contributed by atoms with Crippen LogP contribution < -0.4 is 4.90 Å². The van der Waals surface area contributed by atoms with Gasteiger partial charge in [0, 0.05) is 18.5 Å². The van der Waals surface area contributed by atoms with E-state index in [1.54, 1.807) is 11.8 Å².